The minimum absolute atomic E-state index is 0.0965. The van der Waals surface area contributed by atoms with E-state index in [4.69, 9.17) is 4.43 Å². The predicted octanol–water partition coefficient (Wildman–Crippen LogP) is 2.67. The molecule has 4 aliphatic carbocycles. The Morgan fingerprint density at radius 1 is 1.00 bits per heavy atom. The monoisotopic (exact) mass is 226 g/mol. The molecule has 1 N–H and O–H groups in total. The van der Waals surface area contributed by atoms with Gasteiger partial charge in [-0.1, -0.05) is 0 Å². The van der Waals surface area contributed by atoms with Crippen molar-refractivity contribution in [1.82, 2.24) is 0 Å². The summed E-state index contributed by atoms with van der Waals surface area (Å²) in [5, 5.41) is 0. The molecule has 0 atom stereocenters. The smallest absolute Gasteiger partial charge is 0.329 e. The second-order valence-electron chi connectivity index (χ2n) is 6.65. The lowest BCUT2D eigenvalue weighted by Crippen LogP contribution is -2.56. The summed E-state index contributed by atoms with van der Waals surface area (Å²) in [7, 11) is -2.34. The fourth-order valence-corrected chi connectivity index (χ4v) is 6.00. The van der Waals surface area contributed by atoms with Crippen LogP contribution in [-0.2, 0) is 4.43 Å². The maximum absolute atomic E-state index is 9.99. The van der Waals surface area contributed by atoms with E-state index in [1.165, 1.54) is 38.5 Å². The number of hydrogen-bond donors (Lipinski definition) is 1. The second kappa shape index (κ2) is 3.08. The van der Waals surface area contributed by atoms with Gasteiger partial charge in [0.2, 0.25) is 0 Å². The van der Waals surface area contributed by atoms with Gasteiger partial charge >= 0.3 is 8.56 Å². The third-order valence-electron chi connectivity index (χ3n) is 4.45. The van der Waals surface area contributed by atoms with Crippen molar-refractivity contribution in [3.8, 4) is 0 Å². The summed E-state index contributed by atoms with van der Waals surface area (Å²) in [6.07, 6.45) is 8.02. The molecular weight excluding hydrogens is 204 g/mol. The van der Waals surface area contributed by atoms with Crippen molar-refractivity contribution < 1.29 is 9.22 Å². The SMILES string of the molecule is C[Si](C)(O)OC12CC3CC(CC(C3)C1)C2. The van der Waals surface area contributed by atoms with E-state index in [1.54, 1.807) is 0 Å². The number of rotatable bonds is 2. The largest absolute Gasteiger partial charge is 0.411 e. The van der Waals surface area contributed by atoms with E-state index in [2.05, 4.69) is 0 Å². The highest BCUT2D eigenvalue weighted by Gasteiger charge is 2.53. The first-order chi connectivity index (χ1) is 6.94. The Balaban J connectivity index is 1.81. The van der Waals surface area contributed by atoms with Crippen molar-refractivity contribution in [3.63, 3.8) is 0 Å². The Bertz CT molecular complexity index is 234. The van der Waals surface area contributed by atoms with Gasteiger partial charge in [-0.05, 0) is 69.4 Å². The topological polar surface area (TPSA) is 29.5 Å². The van der Waals surface area contributed by atoms with Crippen LogP contribution in [0.2, 0.25) is 13.1 Å². The lowest BCUT2D eigenvalue weighted by atomic mass is 9.54. The Morgan fingerprint density at radius 3 is 1.73 bits per heavy atom. The molecule has 4 saturated carbocycles. The van der Waals surface area contributed by atoms with Gasteiger partial charge in [-0.3, -0.25) is 0 Å². The minimum atomic E-state index is -2.34. The van der Waals surface area contributed by atoms with Crippen LogP contribution in [0.15, 0.2) is 0 Å². The lowest BCUT2D eigenvalue weighted by Gasteiger charge is -2.57. The molecular formula is C12H22O2Si. The highest BCUT2D eigenvalue weighted by Crippen LogP contribution is 2.57. The molecule has 0 aliphatic heterocycles. The molecule has 0 aromatic carbocycles. The maximum Gasteiger partial charge on any atom is 0.329 e. The van der Waals surface area contributed by atoms with Gasteiger partial charge in [0, 0.05) is 0 Å². The van der Waals surface area contributed by atoms with E-state index < -0.39 is 8.56 Å². The maximum atomic E-state index is 9.99. The van der Waals surface area contributed by atoms with Gasteiger partial charge < -0.3 is 9.22 Å². The zero-order valence-corrected chi connectivity index (χ0v) is 10.8. The summed E-state index contributed by atoms with van der Waals surface area (Å²) in [6, 6.07) is 0. The van der Waals surface area contributed by atoms with Gasteiger partial charge in [0.25, 0.3) is 0 Å². The molecule has 2 nitrogen and oxygen atoms in total. The molecule has 0 aromatic rings. The first-order valence-corrected chi connectivity index (χ1v) is 9.22. The van der Waals surface area contributed by atoms with Crippen LogP contribution in [0.4, 0.5) is 0 Å². The van der Waals surface area contributed by atoms with Crippen molar-refractivity contribution in [2.45, 2.75) is 57.2 Å². The summed E-state index contributed by atoms with van der Waals surface area (Å²) in [6.45, 7) is 3.82. The zero-order valence-electron chi connectivity index (χ0n) is 9.83. The van der Waals surface area contributed by atoms with Gasteiger partial charge in [-0.25, -0.2) is 0 Å². The van der Waals surface area contributed by atoms with Gasteiger partial charge in [0.05, 0.1) is 5.60 Å². The quantitative estimate of drug-likeness (QED) is 0.734. The first kappa shape index (κ1) is 10.3. The molecule has 0 spiro atoms. The molecule has 0 saturated heterocycles. The van der Waals surface area contributed by atoms with Crippen molar-refractivity contribution >= 4 is 8.56 Å². The normalized spacial score (nSPS) is 48.6. The van der Waals surface area contributed by atoms with E-state index in [-0.39, 0.29) is 5.60 Å². The molecule has 0 heterocycles. The molecule has 4 rings (SSSR count). The van der Waals surface area contributed by atoms with Crippen LogP contribution in [0, 0.1) is 17.8 Å². The van der Waals surface area contributed by atoms with Crippen molar-refractivity contribution in [1.29, 1.82) is 0 Å². The van der Waals surface area contributed by atoms with E-state index in [1.807, 2.05) is 13.1 Å². The molecule has 4 bridgehead atoms. The standard InChI is InChI=1S/C12H22O2Si/c1-15(2,13)14-12-6-9-3-10(7-12)5-11(4-9)8-12/h9-11,13H,3-8H2,1-2H3. The van der Waals surface area contributed by atoms with Crippen molar-refractivity contribution in [2.75, 3.05) is 0 Å². The molecule has 0 aromatic heterocycles. The molecule has 4 fully saturated rings. The van der Waals surface area contributed by atoms with Crippen LogP contribution in [0.5, 0.6) is 0 Å². The van der Waals surface area contributed by atoms with E-state index >= 15 is 0 Å². The van der Waals surface area contributed by atoms with E-state index in [0.29, 0.717) is 0 Å². The van der Waals surface area contributed by atoms with Crippen molar-refractivity contribution in [2.24, 2.45) is 17.8 Å². The fourth-order valence-electron chi connectivity index (χ4n) is 4.69. The Kier molecular flexibility index (Phi) is 2.12. The fraction of sp³-hybridized carbons (Fsp3) is 1.00. The molecule has 15 heavy (non-hydrogen) atoms. The Labute approximate surface area is 93.3 Å². The Hall–Kier alpha value is 0.137. The van der Waals surface area contributed by atoms with Crippen LogP contribution >= 0.6 is 0 Å². The zero-order chi connectivity index (χ0) is 10.7. The first-order valence-electron chi connectivity index (χ1n) is 6.37. The molecule has 0 amide bonds. The van der Waals surface area contributed by atoms with Gasteiger partial charge in [-0.15, -0.1) is 0 Å². The highest BCUT2D eigenvalue weighted by molar-refractivity contribution is 6.63. The third-order valence-corrected chi connectivity index (χ3v) is 5.38. The minimum Gasteiger partial charge on any atom is -0.411 e. The van der Waals surface area contributed by atoms with E-state index in [0.717, 1.165) is 17.8 Å². The van der Waals surface area contributed by atoms with Crippen LogP contribution in [0.25, 0.3) is 0 Å². The summed E-state index contributed by atoms with van der Waals surface area (Å²) in [5.74, 6) is 2.73. The summed E-state index contributed by atoms with van der Waals surface area (Å²) in [4.78, 5) is 9.99. The average molecular weight is 226 g/mol. The Morgan fingerprint density at radius 2 is 1.40 bits per heavy atom. The summed E-state index contributed by atoms with van der Waals surface area (Å²) < 4.78 is 6.13. The second-order valence-corrected chi connectivity index (χ2v) is 9.75. The predicted molar refractivity (Wildman–Crippen MR) is 61.7 cm³/mol. The van der Waals surface area contributed by atoms with Crippen LogP contribution in [-0.4, -0.2) is 19.0 Å². The molecule has 0 radical (unpaired) electrons. The third kappa shape index (κ3) is 1.90. The number of hydrogen-bond acceptors (Lipinski definition) is 2. The summed E-state index contributed by atoms with van der Waals surface area (Å²) >= 11 is 0. The lowest BCUT2D eigenvalue weighted by molar-refractivity contribution is -0.120. The molecule has 4 aliphatic rings. The van der Waals surface area contributed by atoms with E-state index in [9.17, 15) is 4.80 Å². The average Bonchev–Trinajstić information content (AvgIpc) is 1.94. The highest BCUT2D eigenvalue weighted by atomic mass is 28.4. The molecule has 3 heteroatoms. The summed E-state index contributed by atoms with van der Waals surface area (Å²) in [5.41, 5.74) is 0.0965. The van der Waals surface area contributed by atoms with Crippen LogP contribution in [0.3, 0.4) is 0 Å². The van der Waals surface area contributed by atoms with Gasteiger partial charge in [-0.2, -0.15) is 0 Å². The van der Waals surface area contributed by atoms with Gasteiger partial charge in [0.15, 0.2) is 0 Å². The van der Waals surface area contributed by atoms with Crippen LogP contribution < -0.4 is 0 Å². The molecule has 86 valence electrons. The van der Waals surface area contributed by atoms with Gasteiger partial charge in [0.1, 0.15) is 0 Å². The molecule has 0 unspecified atom stereocenters. The van der Waals surface area contributed by atoms with Crippen molar-refractivity contribution in [3.05, 3.63) is 0 Å². The van der Waals surface area contributed by atoms with Crippen LogP contribution in [0.1, 0.15) is 38.5 Å².